The van der Waals surface area contributed by atoms with Crippen molar-refractivity contribution in [2.45, 2.75) is 20.8 Å². The molecule has 0 radical (unpaired) electrons. The Balaban J connectivity index is 0.00000324. The van der Waals surface area contributed by atoms with Crippen LogP contribution in [0.3, 0.4) is 0 Å². The quantitative estimate of drug-likeness (QED) is 0.625. The SMILES string of the molecule is C.COS(=O)CCCNC(=S)Nc1ccc(C)cc1. The van der Waals surface area contributed by atoms with Gasteiger partial charge in [0.25, 0.3) is 0 Å². The number of thiocarbonyl (C=S) groups is 1. The zero-order valence-corrected chi connectivity index (χ0v) is 12.2. The molecule has 0 aliphatic heterocycles. The van der Waals surface area contributed by atoms with Gasteiger partial charge in [0.1, 0.15) is 0 Å². The molecule has 4 nitrogen and oxygen atoms in total. The molecule has 19 heavy (non-hydrogen) atoms. The molecule has 0 bridgehead atoms. The molecule has 0 aliphatic carbocycles. The Labute approximate surface area is 123 Å². The van der Waals surface area contributed by atoms with Crippen LogP contribution in [0.5, 0.6) is 0 Å². The number of anilines is 1. The van der Waals surface area contributed by atoms with Crippen molar-refractivity contribution in [2.24, 2.45) is 0 Å². The fourth-order valence-electron chi connectivity index (χ4n) is 1.29. The van der Waals surface area contributed by atoms with Gasteiger partial charge in [-0.2, -0.15) is 0 Å². The van der Waals surface area contributed by atoms with Gasteiger partial charge in [-0.15, -0.1) is 0 Å². The molecular weight excluding hydrogens is 280 g/mol. The van der Waals surface area contributed by atoms with Crippen molar-refractivity contribution in [3.8, 4) is 0 Å². The lowest BCUT2D eigenvalue weighted by Gasteiger charge is -2.10. The van der Waals surface area contributed by atoms with Crippen molar-refractivity contribution in [3.63, 3.8) is 0 Å². The lowest BCUT2D eigenvalue weighted by atomic mass is 10.2. The van der Waals surface area contributed by atoms with Crippen LogP contribution in [-0.4, -0.2) is 28.7 Å². The highest BCUT2D eigenvalue weighted by molar-refractivity contribution is 7.80. The molecule has 0 aliphatic rings. The van der Waals surface area contributed by atoms with Crippen molar-refractivity contribution >= 4 is 34.1 Å². The zero-order chi connectivity index (χ0) is 13.4. The minimum absolute atomic E-state index is 0. The fraction of sp³-hybridized carbons (Fsp3) is 0.462. The van der Waals surface area contributed by atoms with Gasteiger partial charge in [0.2, 0.25) is 0 Å². The van der Waals surface area contributed by atoms with Gasteiger partial charge in [0.05, 0.1) is 12.9 Å². The first kappa shape index (κ1) is 18.0. The third kappa shape index (κ3) is 7.92. The largest absolute Gasteiger partial charge is 0.362 e. The Hall–Kier alpha value is -0.980. The van der Waals surface area contributed by atoms with E-state index < -0.39 is 11.1 Å². The van der Waals surface area contributed by atoms with E-state index in [1.54, 1.807) is 0 Å². The van der Waals surface area contributed by atoms with E-state index >= 15 is 0 Å². The topological polar surface area (TPSA) is 50.4 Å². The third-order valence-corrected chi connectivity index (χ3v) is 3.51. The van der Waals surface area contributed by atoms with Crippen LogP contribution in [0.2, 0.25) is 0 Å². The van der Waals surface area contributed by atoms with Crippen molar-refractivity contribution in [2.75, 3.05) is 24.7 Å². The number of rotatable bonds is 6. The standard InChI is InChI=1S/C12H18N2O2S2.CH4/c1-10-4-6-11(7-5-10)14-12(17)13-8-3-9-18(15)16-2;/h4-7H,3,8-9H2,1-2H3,(H2,13,14,17);1H4. The van der Waals surface area contributed by atoms with Crippen LogP contribution in [0.25, 0.3) is 0 Å². The highest BCUT2D eigenvalue weighted by Crippen LogP contribution is 2.08. The first-order valence-corrected chi connectivity index (χ1v) is 7.31. The summed E-state index contributed by atoms with van der Waals surface area (Å²) in [6, 6.07) is 7.99. The Kier molecular flexibility index (Phi) is 9.38. The van der Waals surface area contributed by atoms with Gasteiger partial charge >= 0.3 is 0 Å². The lowest BCUT2D eigenvalue weighted by Crippen LogP contribution is -2.29. The number of aryl methyl sites for hydroxylation is 1. The predicted octanol–water partition coefficient (Wildman–Crippen LogP) is 2.62. The van der Waals surface area contributed by atoms with E-state index in [1.165, 1.54) is 12.7 Å². The van der Waals surface area contributed by atoms with Crippen LogP contribution < -0.4 is 10.6 Å². The molecular formula is C13H22N2O2S2. The van der Waals surface area contributed by atoms with Crippen molar-refractivity contribution in [1.29, 1.82) is 0 Å². The molecule has 1 atom stereocenters. The summed E-state index contributed by atoms with van der Waals surface area (Å²) in [6.45, 7) is 2.71. The van der Waals surface area contributed by atoms with Crippen LogP contribution in [0.4, 0.5) is 5.69 Å². The van der Waals surface area contributed by atoms with Crippen molar-refractivity contribution < 1.29 is 8.39 Å². The molecule has 0 fully saturated rings. The summed E-state index contributed by atoms with van der Waals surface area (Å²) in [7, 11) is 1.44. The highest BCUT2D eigenvalue weighted by atomic mass is 32.2. The van der Waals surface area contributed by atoms with Crippen LogP contribution in [-0.2, 0) is 15.3 Å². The maximum Gasteiger partial charge on any atom is 0.170 e. The second-order valence-corrected chi connectivity index (χ2v) is 5.53. The van der Waals surface area contributed by atoms with Crippen LogP contribution in [0.1, 0.15) is 19.4 Å². The van der Waals surface area contributed by atoms with E-state index in [-0.39, 0.29) is 7.43 Å². The molecule has 1 unspecified atom stereocenters. The Morgan fingerprint density at radius 2 is 2.00 bits per heavy atom. The summed E-state index contributed by atoms with van der Waals surface area (Å²) >= 11 is 3.96. The van der Waals surface area contributed by atoms with Crippen LogP contribution in [0, 0.1) is 6.92 Å². The van der Waals surface area contributed by atoms with Gasteiger partial charge in [-0.1, -0.05) is 25.1 Å². The summed E-state index contributed by atoms with van der Waals surface area (Å²) in [5.41, 5.74) is 2.17. The van der Waals surface area contributed by atoms with Gasteiger partial charge < -0.3 is 10.6 Å². The second kappa shape index (κ2) is 9.89. The molecule has 0 aromatic heterocycles. The molecule has 1 aromatic rings. The first-order chi connectivity index (χ1) is 8.61. The normalized spacial score (nSPS) is 11.3. The molecule has 0 spiro atoms. The van der Waals surface area contributed by atoms with Gasteiger partial charge in [-0.3, -0.25) is 4.18 Å². The fourth-order valence-corrected chi connectivity index (χ4v) is 2.05. The second-order valence-electron chi connectivity index (χ2n) is 3.78. The first-order valence-electron chi connectivity index (χ1n) is 5.66. The maximum atomic E-state index is 11.0. The van der Waals surface area contributed by atoms with E-state index in [0.29, 0.717) is 17.4 Å². The number of benzene rings is 1. The number of hydrogen-bond donors (Lipinski definition) is 2. The lowest BCUT2D eigenvalue weighted by molar-refractivity contribution is 0.444. The van der Waals surface area contributed by atoms with E-state index in [2.05, 4.69) is 14.8 Å². The summed E-state index contributed by atoms with van der Waals surface area (Å²) in [5, 5.41) is 6.71. The Bertz CT molecular complexity index is 408. The number of hydrogen-bond acceptors (Lipinski definition) is 3. The molecule has 108 valence electrons. The maximum absolute atomic E-state index is 11.0. The summed E-state index contributed by atoms with van der Waals surface area (Å²) in [5.74, 6) is 0.511. The van der Waals surface area contributed by atoms with Gasteiger partial charge in [0.15, 0.2) is 16.2 Å². The predicted molar refractivity (Wildman–Crippen MR) is 86.8 cm³/mol. The Morgan fingerprint density at radius 1 is 1.37 bits per heavy atom. The van der Waals surface area contributed by atoms with E-state index in [1.807, 2.05) is 31.2 Å². The molecule has 0 amide bonds. The third-order valence-electron chi connectivity index (χ3n) is 2.27. The van der Waals surface area contributed by atoms with E-state index in [0.717, 1.165) is 12.1 Å². The average Bonchev–Trinajstić information content (AvgIpc) is 2.37. The molecule has 2 N–H and O–H groups in total. The highest BCUT2D eigenvalue weighted by Gasteiger charge is 1.99. The van der Waals surface area contributed by atoms with E-state index in [9.17, 15) is 4.21 Å². The molecule has 6 heteroatoms. The average molecular weight is 302 g/mol. The minimum Gasteiger partial charge on any atom is -0.362 e. The Morgan fingerprint density at radius 3 is 2.58 bits per heavy atom. The van der Waals surface area contributed by atoms with Crippen molar-refractivity contribution in [1.82, 2.24) is 5.32 Å². The summed E-state index contributed by atoms with van der Waals surface area (Å²) in [4.78, 5) is 0. The minimum atomic E-state index is -1.19. The summed E-state index contributed by atoms with van der Waals surface area (Å²) in [6.07, 6.45) is 0.746. The van der Waals surface area contributed by atoms with Gasteiger partial charge in [-0.25, -0.2) is 4.21 Å². The zero-order valence-electron chi connectivity index (χ0n) is 10.6. The summed E-state index contributed by atoms with van der Waals surface area (Å²) < 4.78 is 15.7. The van der Waals surface area contributed by atoms with E-state index in [4.69, 9.17) is 12.2 Å². The van der Waals surface area contributed by atoms with Gasteiger partial charge in [0, 0.05) is 12.2 Å². The molecule has 1 rings (SSSR count). The smallest absolute Gasteiger partial charge is 0.170 e. The molecule has 0 saturated carbocycles. The van der Waals surface area contributed by atoms with Gasteiger partial charge in [-0.05, 0) is 37.7 Å². The van der Waals surface area contributed by atoms with Crippen LogP contribution >= 0.6 is 12.2 Å². The van der Waals surface area contributed by atoms with Crippen molar-refractivity contribution in [3.05, 3.63) is 29.8 Å². The van der Waals surface area contributed by atoms with Crippen LogP contribution in [0.15, 0.2) is 24.3 Å². The molecule has 0 saturated heterocycles. The monoisotopic (exact) mass is 302 g/mol. The molecule has 1 aromatic carbocycles. The number of nitrogens with one attached hydrogen (secondary N) is 2. The molecule has 0 heterocycles.